The lowest BCUT2D eigenvalue weighted by molar-refractivity contribution is 0.203. The first-order chi connectivity index (χ1) is 10.9. The maximum atomic E-state index is 11.3. The quantitative estimate of drug-likeness (QED) is 0.600. The van der Waals surface area contributed by atoms with Gasteiger partial charge in [-0.3, -0.25) is 4.90 Å². The van der Waals surface area contributed by atoms with Gasteiger partial charge >= 0.3 is 6.09 Å². The molecular formula is C14H7BrCl2N4O2. The number of nitriles is 1. The number of H-pyrrole nitrogens is 1. The second kappa shape index (κ2) is 5.57. The van der Waals surface area contributed by atoms with Crippen LogP contribution < -0.4 is 4.90 Å². The molecular weight excluding hydrogens is 407 g/mol. The van der Waals surface area contributed by atoms with E-state index in [0.29, 0.717) is 37.1 Å². The van der Waals surface area contributed by atoms with Crippen molar-refractivity contribution >= 4 is 72.8 Å². The van der Waals surface area contributed by atoms with Crippen LogP contribution in [0.15, 0.2) is 16.7 Å². The molecule has 2 heterocycles. The van der Waals surface area contributed by atoms with Crippen LogP contribution in [0.3, 0.4) is 0 Å². The van der Waals surface area contributed by atoms with Gasteiger partial charge in [-0.05, 0) is 22.0 Å². The minimum Gasteiger partial charge on any atom is -0.465 e. The molecule has 0 saturated carbocycles. The molecule has 6 nitrogen and oxygen atoms in total. The Kier molecular flexibility index (Phi) is 3.84. The van der Waals surface area contributed by atoms with Gasteiger partial charge in [0.2, 0.25) is 0 Å². The third-order valence-electron chi connectivity index (χ3n) is 3.48. The molecule has 1 amide bonds. The molecule has 0 spiro atoms. The van der Waals surface area contributed by atoms with Gasteiger partial charge in [-0.15, -0.1) is 0 Å². The number of hydrogen-bond acceptors (Lipinski definition) is 3. The van der Waals surface area contributed by atoms with E-state index in [1.165, 1.54) is 19.3 Å². The summed E-state index contributed by atoms with van der Waals surface area (Å²) in [5.74, 6) is 0. The molecule has 1 aromatic carbocycles. The number of aromatic nitrogens is 2. The first kappa shape index (κ1) is 15.9. The number of pyridine rings is 1. The fourth-order valence-electron chi connectivity index (χ4n) is 2.40. The lowest BCUT2D eigenvalue weighted by Crippen LogP contribution is -2.24. The van der Waals surface area contributed by atoms with E-state index in [9.17, 15) is 15.2 Å². The van der Waals surface area contributed by atoms with Crippen molar-refractivity contribution in [2.45, 2.75) is 0 Å². The number of carbonyl (C=O) groups is 1. The molecule has 0 unspecified atom stereocenters. The molecule has 116 valence electrons. The molecule has 3 aromatic rings. The van der Waals surface area contributed by atoms with Crippen molar-refractivity contribution in [3.63, 3.8) is 0 Å². The lowest BCUT2D eigenvalue weighted by atomic mass is 10.1. The number of nitrogens with zero attached hydrogens (tertiary/aromatic N) is 3. The summed E-state index contributed by atoms with van der Waals surface area (Å²) >= 11 is 15.8. The molecule has 0 aliphatic heterocycles. The molecule has 2 N–H and O–H groups in total. The van der Waals surface area contributed by atoms with Crippen LogP contribution in [-0.2, 0) is 0 Å². The number of halogens is 3. The summed E-state index contributed by atoms with van der Waals surface area (Å²) in [5, 5.41) is 20.1. The highest BCUT2D eigenvalue weighted by Gasteiger charge is 2.23. The van der Waals surface area contributed by atoms with Crippen molar-refractivity contribution in [1.29, 1.82) is 5.26 Å². The van der Waals surface area contributed by atoms with Crippen molar-refractivity contribution in [2.24, 2.45) is 0 Å². The Balaban J connectivity index is 2.59. The summed E-state index contributed by atoms with van der Waals surface area (Å²) in [4.78, 5) is 19.6. The monoisotopic (exact) mass is 412 g/mol. The fraction of sp³-hybridized carbons (Fsp3) is 0.0714. The van der Waals surface area contributed by atoms with Gasteiger partial charge in [-0.25, -0.2) is 9.78 Å². The number of rotatable bonds is 1. The van der Waals surface area contributed by atoms with Gasteiger partial charge in [0.1, 0.15) is 11.7 Å². The van der Waals surface area contributed by atoms with Gasteiger partial charge in [0.25, 0.3) is 0 Å². The highest BCUT2D eigenvalue weighted by atomic mass is 79.9. The van der Waals surface area contributed by atoms with Gasteiger partial charge in [-0.1, -0.05) is 23.2 Å². The topological polar surface area (TPSA) is 93.0 Å². The largest absolute Gasteiger partial charge is 0.465 e. The Morgan fingerprint density at radius 2 is 2.17 bits per heavy atom. The number of fused-ring (bicyclic) bond motifs is 3. The van der Waals surface area contributed by atoms with Gasteiger partial charge in [0, 0.05) is 24.0 Å². The van der Waals surface area contributed by atoms with E-state index in [2.05, 4.69) is 25.9 Å². The van der Waals surface area contributed by atoms with Crippen LogP contribution in [0.2, 0.25) is 10.0 Å². The van der Waals surface area contributed by atoms with E-state index < -0.39 is 6.09 Å². The summed E-state index contributed by atoms with van der Waals surface area (Å²) in [6, 6.07) is 3.46. The molecule has 0 aliphatic rings. The molecule has 0 radical (unpaired) electrons. The van der Waals surface area contributed by atoms with Gasteiger partial charge in [0.05, 0.1) is 31.3 Å². The van der Waals surface area contributed by atoms with E-state index in [1.54, 1.807) is 0 Å². The normalized spacial score (nSPS) is 10.9. The zero-order chi connectivity index (χ0) is 16.9. The summed E-state index contributed by atoms with van der Waals surface area (Å²) in [6.07, 6.45) is 0.361. The molecule has 0 fully saturated rings. The summed E-state index contributed by atoms with van der Waals surface area (Å²) in [5.41, 5.74) is 1.38. The number of hydrogen-bond donors (Lipinski definition) is 2. The lowest BCUT2D eigenvalue weighted by Gasteiger charge is -2.15. The van der Waals surface area contributed by atoms with Crippen molar-refractivity contribution < 1.29 is 9.90 Å². The third-order valence-corrected chi connectivity index (χ3v) is 5.01. The highest BCUT2D eigenvalue weighted by molar-refractivity contribution is 9.10. The Morgan fingerprint density at radius 3 is 2.78 bits per heavy atom. The second-order valence-corrected chi connectivity index (χ2v) is 6.36. The summed E-state index contributed by atoms with van der Waals surface area (Å²) in [7, 11) is 1.38. The van der Waals surface area contributed by atoms with Gasteiger partial charge < -0.3 is 10.1 Å². The number of amides is 1. The highest BCUT2D eigenvalue weighted by Crippen LogP contribution is 2.42. The minimum atomic E-state index is -1.16. The first-order valence-corrected chi connectivity index (χ1v) is 7.76. The molecule has 2 aromatic heterocycles. The van der Waals surface area contributed by atoms with Gasteiger partial charge in [0.15, 0.2) is 0 Å². The number of carboxylic acid groups (broad SMARTS) is 1. The zero-order valence-electron chi connectivity index (χ0n) is 11.5. The standard InChI is InChI=1S/C14H7BrCl2N4O2/c1-21(14(22)23)8-2-7(16)5(3-18)9-10-11(17)6(15)4-19-13(10)20-12(8)9/h2,4H,1H3,(H,19,20)(H,22,23). The zero-order valence-corrected chi connectivity index (χ0v) is 14.6. The number of aromatic amines is 1. The molecule has 0 aliphatic carbocycles. The van der Waals surface area contributed by atoms with Crippen LogP contribution in [0.25, 0.3) is 21.9 Å². The smallest absolute Gasteiger partial charge is 0.411 e. The molecule has 0 atom stereocenters. The molecule has 9 heteroatoms. The van der Waals surface area contributed by atoms with E-state index >= 15 is 0 Å². The predicted molar refractivity (Wildman–Crippen MR) is 92.5 cm³/mol. The fourth-order valence-corrected chi connectivity index (χ4v) is 3.17. The van der Waals surface area contributed by atoms with Crippen LogP contribution in [-0.4, -0.2) is 28.2 Å². The van der Waals surface area contributed by atoms with E-state index in [0.717, 1.165) is 4.90 Å². The number of nitrogens with one attached hydrogen (secondary N) is 1. The average Bonchev–Trinajstić information content (AvgIpc) is 2.89. The van der Waals surface area contributed by atoms with Crippen LogP contribution in [0.1, 0.15) is 5.56 Å². The van der Waals surface area contributed by atoms with Gasteiger partial charge in [-0.2, -0.15) is 5.26 Å². The number of benzene rings is 1. The Morgan fingerprint density at radius 1 is 1.48 bits per heavy atom. The Bertz CT molecular complexity index is 1030. The van der Waals surface area contributed by atoms with Crippen molar-refractivity contribution in [1.82, 2.24) is 9.97 Å². The third kappa shape index (κ3) is 2.30. The van der Waals surface area contributed by atoms with E-state index in [4.69, 9.17) is 23.2 Å². The van der Waals surface area contributed by atoms with Crippen LogP contribution >= 0.6 is 39.1 Å². The van der Waals surface area contributed by atoms with E-state index in [1.807, 2.05) is 6.07 Å². The summed E-state index contributed by atoms with van der Waals surface area (Å²) in [6.45, 7) is 0. The molecule has 0 bridgehead atoms. The van der Waals surface area contributed by atoms with Crippen molar-refractivity contribution in [2.75, 3.05) is 11.9 Å². The van der Waals surface area contributed by atoms with Crippen molar-refractivity contribution in [3.05, 3.63) is 32.3 Å². The predicted octanol–water partition coefficient (Wildman–Crippen LogP) is 4.77. The number of anilines is 1. The SMILES string of the molecule is CN(C(=O)O)c1cc(Cl)c(C#N)c2c1[nH]c1ncc(Br)c(Cl)c12. The summed E-state index contributed by atoms with van der Waals surface area (Å²) < 4.78 is 0.560. The van der Waals surface area contributed by atoms with Crippen molar-refractivity contribution in [3.8, 4) is 6.07 Å². The maximum Gasteiger partial charge on any atom is 0.411 e. The van der Waals surface area contributed by atoms with Crippen LogP contribution in [0.5, 0.6) is 0 Å². The average molecular weight is 414 g/mol. The molecule has 23 heavy (non-hydrogen) atoms. The minimum absolute atomic E-state index is 0.139. The van der Waals surface area contributed by atoms with E-state index in [-0.39, 0.29) is 10.6 Å². The molecule has 0 saturated heterocycles. The van der Waals surface area contributed by atoms with Crippen LogP contribution in [0.4, 0.5) is 10.5 Å². The Hall–Kier alpha value is -2.01. The Labute approximate surface area is 148 Å². The van der Waals surface area contributed by atoms with Crippen LogP contribution in [0, 0.1) is 11.3 Å². The second-order valence-electron chi connectivity index (χ2n) is 4.72. The molecule has 3 rings (SSSR count). The first-order valence-electron chi connectivity index (χ1n) is 6.21. The maximum absolute atomic E-state index is 11.3.